The van der Waals surface area contributed by atoms with Crippen LogP contribution in [0, 0.1) is 0 Å². The highest BCUT2D eigenvalue weighted by Crippen LogP contribution is 2.26. The summed E-state index contributed by atoms with van der Waals surface area (Å²) < 4.78 is 10.9. The van der Waals surface area contributed by atoms with Crippen LogP contribution < -0.4 is 20.1 Å². The minimum atomic E-state index is -0.109. The maximum absolute atomic E-state index is 12.2. The van der Waals surface area contributed by atoms with Crippen LogP contribution in [0.15, 0.2) is 78.9 Å². The molecule has 0 bridgehead atoms. The van der Waals surface area contributed by atoms with Gasteiger partial charge in [-0.2, -0.15) is 0 Å². The first-order valence-corrected chi connectivity index (χ1v) is 8.72. The van der Waals surface area contributed by atoms with E-state index in [0.717, 1.165) is 17.1 Å². The molecular weight excluding hydrogens is 340 g/mol. The molecule has 3 aromatic carbocycles. The third-order valence-corrected chi connectivity index (χ3v) is 3.86. The second-order valence-electron chi connectivity index (χ2n) is 5.87. The Bertz CT molecular complexity index is 881. The SMILES string of the molecule is COc1ccccc1OCCC(=O)Nc1cccc(Nc2ccccc2)c1. The van der Waals surface area contributed by atoms with Gasteiger partial charge in [-0.05, 0) is 42.5 Å². The van der Waals surface area contributed by atoms with Gasteiger partial charge in [0, 0.05) is 17.1 Å². The van der Waals surface area contributed by atoms with Crippen molar-refractivity contribution in [2.45, 2.75) is 6.42 Å². The van der Waals surface area contributed by atoms with Gasteiger partial charge in [0.15, 0.2) is 11.5 Å². The summed E-state index contributed by atoms with van der Waals surface area (Å²) >= 11 is 0. The van der Waals surface area contributed by atoms with Crippen molar-refractivity contribution >= 4 is 23.0 Å². The predicted molar refractivity (Wildman–Crippen MR) is 108 cm³/mol. The van der Waals surface area contributed by atoms with E-state index in [9.17, 15) is 4.79 Å². The number of amides is 1. The largest absolute Gasteiger partial charge is 0.493 e. The zero-order valence-electron chi connectivity index (χ0n) is 15.1. The minimum absolute atomic E-state index is 0.109. The van der Waals surface area contributed by atoms with Crippen molar-refractivity contribution in [2.24, 2.45) is 0 Å². The number of nitrogens with one attached hydrogen (secondary N) is 2. The van der Waals surface area contributed by atoms with Gasteiger partial charge in [0.1, 0.15) is 0 Å². The summed E-state index contributed by atoms with van der Waals surface area (Å²) in [6.07, 6.45) is 0.244. The molecule has 0 radical (unpaired) electrons. The van der Waals surface area contributed by atoms with E-state index in [1.54, 1.807) is 7.11 Å². The van der Waals surface area contributed by atoms with Gasteiger partial charge in [-0.25, -0.2) is 0 Å². The Labute approximate surface area is 158 Å². The van der Waals surface area contributed by atoms with Crippen LogP contribution in [0.4, 0.5) is 17.1 Å². The predicted octanol–water partition coefficient (Wildman–Crippen LogP) is 4.85. The van der Waals surface area contributed by atoms with Gasteiger partial charge < -0.3 is 20.1 Å². The van der Waals surface area contributed by atoms with Crippen molar-refractivity contribution in [3.05, 3.63) is 78.9 Å². The third-order valence-electron chi connectivity index (χ3n) is 3.86. The molecule has 5 heteroatoms. The van der Waals surface area contributed by atoms with Crippen molar-refractivity contribution < 1.29 is 14.3 Å². The van der Waals surface area contributed by atoms with Gasteiger partial charge in [0.2, 0.25) is 5.91 Å². The molecule has 5 nitrogen and oxygen atoms in total. The maximum atomic E-state index is 12.2. The summed E-state index contributed by atoms with van der Waals surface area (Å²) in [5.41, 5.74) is 2.63. The number of para-hydroxylation sites is 3. The quantitative estimate of drug-likeness (QED) is 0.602. The second-order valence-corrected chi connectivity index (χ2v) is 5.87. The maximum Gasteiger partial charge on any atom is 0.227 e. The molecule has 1 amide bonds. The Morgan fingerprint density at radius 1 is 0.815 bits per heavy atom. The first kappa shape index (κ1) is 18.3. The molecule has 0 aliphatic heterocycles. The van der Waals surface area contributed by atoms with E-state index in [2.05, 4.69) is 10.6 Å². The van der Waals surface area contributed by atoms with Crippen LogP contribution in [-0.4, -0.2) is 19.6 Å². The van der Waals surface area contributed by atoms with Crippen molar-refractivity contribution in [2.75, 3.05) is 24.4 Å². The van der Waals surface area contributed by atoms with E-state index >= 15 is 0 Å². The van der Waals surface area contributed by atoms with Gasteiger partial charge in [-0.3, -0.25) is 4.79 Å². The highest BCUT2D eigenvalue weighted by Gasteiger charge is 2.06. The van der Waals surface area contributed by atoms with Gasteiger partial charge in [0.05, 0.1) is 20.1 Å². The molecule has 0 saturated carbocycles. The van der Waals surface area contributed by atoms with E-state index < -0.39 is 0 Å². The van der Waals surface area contributed by atoms with Crippen molar-refractivity contribution in [3.8, 4) is 11.5 Å². The Kier molecular flexibility index (Phi) is 6.30. The fraction of sp³-hybridized carbons (Fsp3) is 0.136. The summed E-state index contributed by atoms with van der Waals surface area (Å²) in [7, 11) is 1.59. The van der Waals surface area contributed by atoms with Crippen LogP contribution in [0.3, 0.4) is 0 Å². The zero-order valence-corrected chi connectivity index (χ0v) is 15.1. The van der Waals surface area contributed by atoms with E-state index in [-0.39, 0.29) is 18.9 Å². The standard InChI is InChI=1S/C22H22N2O3/c1-26-20-12-5-6-13-21(20)27-15-14-22(25)24-19-11-7-10-18(16-19)23-17-8-3-2-4-9-17/h2-13,16,23H,14-15H2,1H3,(H,24,25). The Morgan fingerprint density at radius 3 is 2.26 bits per heavy atom. The monoisotopic (exact) mass is 362 g/mol. The number of ether oxygens (including phenoxy) is 2. The van der Waals surface area contributed by atoms with Crippen LogP contribution in [0.1, 0.15) is 6.42 Å². The van der Waals surface area contributed by atoms with Crippen LogP contribution in [0.2, 0.25) is 0 Å². The Balaban J connectivity index is 1.51. The summed E-state index contributed by atoms with van der Waals surface area (Å²) in [4.78, 5) is 12.2. The van der Waals surface area contributed by atoms with Crippen molar-refractivity contribution in [3.63, 3.8) is 0 Å². The number of rotatable bonds is 8. The van der Waals surface area contributed by atoms with Crippen molar-refractivity contribution in [1.29, 1.82) is 0 Å². The van der Waals surface area contributed by atoms with Crippen LogP contribution in [0.5, 0.6) is 11.5 Å². The topological polar surface area (TPSA) is 59.6 Å². The van der Waals surface area contributed by atoms with Gasteiger partial charge >= 0.3 is 0 Å². The highest BCUT2D eigenvalue weighted by molar-refractivity contribution is 5.91. The molecule has 0 fully saturated rings. The molecular formula is C22H22N2O3. The average molecular weight is 362 g/mol. The lowest BCUT2D eigenvalue weighted by molar-refractivity contribution is -0.116. The van der Waals surface area contributed by atoms with Crippen LogP contribution in [-0.2, 0) is 4.79 Å². The fourth-order valence-electron chi connectivity index (χ4n) is 2.58. The van der Waals surface area contributed by atoms with Gasteiger partial charge in [-0.15, -0.1) is 0 Å². The summed E-state index contributed by atoms with van der Waals surface area (Å²) in [6, 6.07) is 24.8. The summed E-state index contributed by atoms with van der Waals surface area (Å²) in [5, 5.41) is 6.20. The molecule has 0 aliphatic rings. The van der Waals surface area contributed by atoms with Crippen LogP contribution >= 0.6 is 0 Å². The highest BCUT2D eigenvalue weighted by atomic mass is 16.5. The molecule has 0 aliphatic carbocycles. The summed E-state index contributed by atoms with van der Waals surface area (Å²) in [5.74, 6) is 1.17. The Hall–Kier alpha value is -3.47. The second kappa shape index (κ2) is 9.29. The molecule has 3 aromatic rings. The summed E-state index contributed by atoms with van der Waals surface area (Å²) in [6.45, 7) is 0.272. The first-order valence-electron chi connectivity index (χ1n) is 8.72. The van der Waals surface area contributed by atoms with E-state index in [1.807, 2.05) is 78.9 Å². The van der Waals surface area contributed by atoms with E-state index in [4.69, 9.17) is 9.47 Å². The smallest absolute Gasteiger partial charge is 0.227 e. The Morgan fingerprint density at radius 2 is 1.48 bits per heavy atom. The lowest BCUT2D eigenvalue weighted by atomic mass is 10.2. The molecule has 138 valence electrons. The molecule has 0 heterocycles. The number of carbonyl (C=O) groups excluding carboxylic acids is 1. The molecule has 27 heavy (non-hydrogen) atoms. The number of benzene rings is 3. The van der Waals surface area contributed by atoms with E-state index in [1.165, 1.54) is 0 Å². The molecule has 0 aromatic heterocycles. The number of methoxy groups -OCH3 is 1. The number of carbonyl (C=O) groups is 1. The van der Waals surface area contributed by atoms with Crippen molar-refractivity contribution in [1.82, 2.24) is 0 Å². The third kappa shape index (κ3) is 5.51. The van der Waals surface area contributed by atoms with Gasteiger partial charge in [0.25, 0.3) is 0 Å². The molecule has 2 N–H and O–H groups in total. The zero-order chi connectivity index (χ0) is 18.9. The average Bonchev–Trinajstić information content (AvgIpc) is 2.69. The lowest BCUT2D eigenvalue weighted by Crippen LogP contribution is -2.15. The van der Waals surface area contributed by atoms with Crippen LogP contribution in [0.25, 0.3) is 0 Å². The molecule has 0 unspecified atom stereocenters. The lowest BCUT2D eigenvalue weighted by Gasteiger charge is -2.11. The number of hydrogen-bond acceptors (Lipinski definition) is 4. The molecule has 0 atom stereocenters. The van der Waals surface area contributed by atoms with Gasteiger partial charge in [-0.1, -0.05) is 36.4 Å². The molecule has 0 saturated heterocycles. The van der Waals surface area contributed by atoms with E-state index in [0.29, 0.717) is 11.5 Å². The fourth-order valence-corrected chi connectivity index (χ4v) is 2.58. The number of hydrogen-bond donors (Lipinski definition) is 2. The molecule has 0 spiro atoms. The first-order chi connectivity index (χ1) is 13.2. The molecule has 3 rings (SSSR count). The number of anilines is 3. The normalized spacial score (nSPS) is 10.1. The minimum Gasteiger partial charge on any atom is -0.493 e.